The van der Waals surface area contributed by atoms with E-state index in [1.165, 1.54) is 4.31 Å². The van der Waals surface area contributed by atoms with E-state index in [1.807, 2.05) is 31.2 Å². The Morgan fingerprint density at radius 2 is 1.47 bits per heavy atom. The van der Waals surface area contributed by atoms with Gasteiger partial charge in [-0.2, -0.15) is 4.31 Å². The first-order valence-corrected chi connectivity index (χ1v) is 12.7. The van der Waals surface area contributed by atoms with Crippen molar-refractivity contribution in [3.63, 3.8) is 0 Å². The largest absolute Gasteiger partial charge is 0.243 e. The Kier molecular flexibility index (Phi) is 5.53. The van der Waals surface area contributed by atoms with Crippen LogP contribution < -0.4 is 0 Å². The fraction of sp³-hybridized carbons (Fsp3) is 0.217. The summed E-state index contributed by atoms with van der Waals surface area (Å²) in [6.07, 6.45) is 0.290. The third-order valence-corrected chi connectivity index (χ3v) is 9.53. The molecule has 0 aromatic heterocycles. The monoisotopic (exact) mass is 441 g/mol. The molecule has 5 nitrogen and oxygen atoms in total. The second kappa shape index (κ2) is 7.98. The number of aryl methyl sites for hydroxylation is 1. The van der Waals surface area contributed by atoms with Gasteiger partial charge in [-0.1, -0.05) is 60.2 Å². The molecule has 156 valence electrons. The highest BCUT2D eigenvalue weighted by molar-refractivity contribution is 7.92. The van der Waals surface area contributed by atoms with E-state index in [9.17, 15) is 16.8 Å². The molecule has 1 aliphatic heterocycles. The van der Waals surface area contributed by atoms with E-state index in [0.29, 0.717) is 0 Å². The predicted octanol–water partition coefficient (Wildman–Crippen LogP) is 3.90. The van der Waals surface area contributed by atoms with E-state index < -0.39 is 25.1 Å². The highest BCUT2D eigenvalue weighted by Crippen LogP contribution is 2.29. The maximum atomic E-state index is 13.1. The fourth-order valence-electron chi connectivity index (χ4n) is 3.76. The van der Waals surface area contributed by atoms with E-state index >= 15 is 0 Å². The Morgan fingerprint density at radius 1 is 0.767 bits per heavy atom. The fourth-order valence-corrected chi connectivity index (χ4v) is 7.07. The van der Waals surface area contributed by atoms with Crippen molar-refractivity contribution in [3.05, 3.63) is 84.4 Å². The summed E-state index contributed by atoms with van der Waals surface area (Å²) in [5.74, 6) is 0. The Labute approximate surface area is 178 Å². The van der Waals surface area contributed by atoms with Crippen molar-refractivity contribution in [2.75, 3.05) is 13.1 Å². The van der Waals surface area contributed by atoms with Gasteiger partial charge in [-0.05, 0) is 48.7 Å². The van der Waals surface area contributed by atoms with Gasteiger partial charge < -0.3 is 0 Å². The predicted molar refractivity (Wildman–Crippen MR) is 117 cm³/mol. The summed E-state index contributed by atoms with van der Waals surface area (Å²) in [5, 5.41) is -0.735. The van der Waals surface area contributed by atoms with Crippen LogP contribution in [0.3, 0.4) is 0 Å². The molecule has 1 heterocycles. The van der Waals surface area contributed by atoms with Crippen LogP contribution in [0.4, 0.5) is 0 Å². The van der Waals surface area contributed by atoms with Gasteiger partial charge in [0.25, 0.3) is 0 Å². The molecule has 3 aromatic rings. The van der Waals surface area contributed by atoms with Gasteiger partial charge >= 0.3 is 0 Å². The van der Waals surface area contributed by atoms with Crippen LogP contribution in [0.15, 0.2) is 88.7 Å². The molecule has 0 amide bonds. The van der Waals surface area contributed by atoms with Gasteiger partial charge in [0.05, 0.1) is 15.0 Å². The summed E-state index contributed by atoms with van der Waals surface area (Å²) in [4.78, 5) is 0.411. The highest BCUT2D eigenvalue weighted by Gasteiger charge is 2.39. The Bertz CT molecular complexity index is 1250. The van der Waals surface area contributed by atoms with Gasteiger partial charge in [0.15, 0.2) is 9.84 Å². The highest BCUT2D eigenvalue weighted by atomic mass is 32.2. The van der Waals surface area contributed by atoms with Gasteiger partial charge in [0, 0.05) is 13.1 Å². The number of nitrogens with zero attached hydrogens (tertiary/aromatic N) is 1. The zero-order chi connectivity index (χ0) is 21.4. The van der Waals surface area contributed by atoms with E-state index in [0.717, 1.165) is 16.7 Å². The van der Waals surface area contributed by atoms with Crippen molar-refractivity contribution in [1.82, 2.24) is 4.31 Å². The molecule has 1 saturated heterocycles. The van der Waals surface area contributed by atoms with Crippen LogP contribution in [0.25, 0.3) is 11.1 Å². The number of hydrogen-bond donors (Lipinski definition) is 0. The molecule has 0 bridgehead atoms. The summed E-state index contributed by atoms with van der Waals surface area (Å²) >= 11 is 0. The molecule has 30 heavy (non-hydrogen) atoms. The SMILES string of the molecule is Cc1cccc(-c2ccc(S(=O)(=O)N3CCC(S(=O)(=O)c4ccccc4)C3)cc2)c1. The molecule has 1 fully saturated rings. The van der Waals surface area contributed by atoms with Crippen LogP contribution in [-0.4, -0.2) is 39.5 Å². The van der Waals surface area contributed by atoms with Crippen molar-refractivity contribution in [2.45, 2.75) is 28.4 Å². The normalized spacial score (nSPS) is 17.8. The molecular weight excluding hydrogens is 418 g/mol. The minimum absolute atomic E-state index is 0.0286. The maximum absolute atomic E-state index is 13.1. The average molecular weight is 442 g/mol. The molecular formula is C23H23NO4S2. The summed E-state index contributed by atoms with van der Waals surface area (Å²) in [6.45, 7) is 2.17. The van der Waals surface area contributed by atoms with E-state index in [-0.39, 0.29) is 29.3 Å². The van der Waals surface area contributed by atoms with Gasteiger partial charge in [-0.3, -0.25) is 0 Å². The molecule has 0 spiro atoms. The van der Waals surface area contributed by atoms with Crippen LogP contribution >= 0.6 is 0 Å². The van der Waals surface area contributed by atoms with Crippen molar-refractivity contribution in [3.8, 4) is 11.1 Å². The third kappa shape index (κ3) is 3.93. The summed E-state index contributed by atoms with van der Waals surface area (Å²) < 4.78 is 53.1. The van der Waals surface area contributed by atoms with Crippen LogP contribution in [0.5, 0.6) is 0 Å². The van der Waals surface area contributed by atoms with Crippen LogP contribution in [-0.2, 0) is 19.9 Å². The standard InChI is InChI=1S/C23H23NO4S2/c1-18-6-5-7-20(16-18)19-10-12-22(13-11-19)30(27,28)24-15-14-23(17-24)29(25,26)21-8-3-2-4-9-21/h2-13,16,23H,14-15,17H2,1H3. The second-order valence-electron chi connectivity index (χ2n) is 7.53. The maximum Gasteiger partial charge on any atom is 0.243 e. The number of sulfonamides is 1. The van der Waals surface area contributed by atoms with Gasteiger partial charge in [0.2, 0.25) is 10.0 Å². The molecule has 1 unspecified atom stereocenters. The number of hydrogen-bond acceptors (Lipinski definition) is 4. The molecule has 0 saturated carbocycles. The topological polar surface area (TPSA) is 71.5 Å². The van der Waals surface area contributed by atoms with Crippen LogP contribution in [0.2, 0.25) is 0 Å². The zero-order valence-corrected chi connectivity index (χ0v) is 18.2. The van der Waals surface area contributed by atoms with Gasteiger partial charge in [-0.25, -0.2) is 16.8 Å². The van der Waals surface area contributed by atoms with Crippen LogP contribution in [0, 0.1) is 6.92 Å². The molecule has 0 aliphatic carbocycles. The number of benzene rings is 3. The van der Waals surface area contributed by atoms with Crippen LogP contribution in [0.1, 0.15) is 12.0 Å². The Hall–Kier alpha value is -2.48. The molecule has 0 N–H and O–H groups in total. The van der Waals surface area contributed by atoms with E-state index in [4.69, 9.17) is 0 Å². The molecule has 1 atom stereocenters. The van der Waals surface area contributed by atoms with Gasteiger partial charge in [0.1, 0.15) is 0 Å². The summed E-state index contributed by atoms with van der Waals surface area (Å²) in [7, 11) is -7.32. The van der Waals surface area contributed by atoms with Crippen molar-refractivity contribution in [1.29, 1.82) is 0 Å². The lowest BCUT2D eigenvalue weighted by atomic mass is 10.0. The summed E-state index contributed by atoms with van der Waals surface area (Å²) in [6, 6.07) is 23.0. The van der Waals surface area contributed by atoms with E-state index in [1.54, 1.807) is 54.6 Å². The van der Waals surface area contributed by atoms with Crippen molar-refractivity contribution >= 4 is 19.9 Å². The lowest BCUT2D eigenvalue weighted by Gasteiger charge is -2.17. The zero-order valence-electron chi connectivity index (χ0n) is 16.6. The average Bonchev–Trinajstić information content (AvgIpc) is 3.27. The number of rotatable bonds is 5. The first-order valence-electron chi connectivity index (χ1n) is 9.75. The summed E-state index contributed by atoms with van der Waals surface area (Å²) in [5.41, 5.74) is 3.09. The molecule has 3 aromatic carbocycles. The lowest BCUT2D eigenvalue weighted by Crippen LogP contribution is -2.32. The van der Waals surface area contributed by atoms with E-state index in [2.05, 4.69) is 0 Å². The second-order valence-corrected chi connectivity index (χ2v) is 11.7. The third-order valence-electron chi connectivity index (χ3n) is 5.46. The number of sulfone groups is 1. The first kappa shape index (κ1) is 20.8. The molecule has 7 heteroatoms. The van der Waals surface area contributed by atoms with Crippen molar-refractivity contribution < 1.29 is 16.8 Å². The minimum Gasteiger partial charge on any atom is -0.223 e. The Morgan fingerprint density at radius 3 is 2.13 bits per heavy atom. The smallest absolute Gasteiger partial charge is 0.223 e. The van der Waals surface area contributed by atoms with Crippen molar-refractivity contribution in [2.24, 2.45) is 0 Å². The quantitative estimate of drug-likeness (QED) is 0.602. The molecule has 1 aliphatic rings. The van der Waals surface area contributed by atoms with Gasteiger partial charge in [-0.15, -0.1) is 0 Å². The lowest BCUT2D eigenvalue weighted by molar-refractivity contribution is 0.476. The first-order chi connectivity index (χ1) is 14.3. The molecule has 4 rings (SSSR count). The molecule has 0 radical (unpaired) electrons. The minimum atomic E-state index is -3.75. The Balaban J connectivity index is 1.55.